The van der Waals surface area contributed by atoms with Crippen molar-refractivity contribution in [1.82, 2.24) is 0 Å². The number of hydrogen-bond acceptors (Lipinski definition) is 3. The number of rotatable bonds is 3. The van der Waals surface area contributed by atoms with Crippen LogP contribution in [-0.4, -0.2) is 19.1 Å². The maximum Gasteiger partial charge on any atom is 0.322 e. The Morgan fingerprint density at radius 3 is 2.67 bits per heavy atom. The first-order chi connectivity index (χ1) is 6.65. The smallest absolute Gasteiger partial charge is 0.322 e. The Balaban J connectivity index is 0.00000196. The molecule has 84 valence electrons. The molecule has 0 heterocycles. The Morgan fingerprint density at radius 1 is 1.53 bits per heavy atom. The first kappa shape index (κ1) is 14.4. The van der Waals surface area contributed by atoms with Crippen molar-refractivity contribution in [1.29, 1.82) is 0 Å². The number of methoxy groups -OCH3 is 1. The zero-order valence-electron chi connectivity index (χ0n) is 8.27. The van der Waals surface area contributed by atoms with Gasteiger partial charge in [0.1, 0.15) is 6.04 Å². The van der Waals surface area contributed by atoms with Gasteiger partial charge in [0.05, 0.1) is 7.11 Å². The molecular formula is C10H13BrClNO2. The summed E-state index contributed by atoms with van der Waals surface area (Å²) in [5.74, 6) is -0.388. The average Bonchev–Trinajstić information content (AvgIpc) is 2.20. The second kappa shape index (κ2) is 6.82. The number of carbonyl (C=O) groups excluding carboxylic acids is 1. The topological polar surface area (TPSA) is 52.3 Å². The van der Waals surface area contributed by atoms with E-state index < -0.39 is 6.04 Å². The predicted molar refractivity (Wildman–Crippen MR) is 65.1 cm³/mol. The van der Waals surface area contributed by atoms with Crippen molar-refractivity contribution in [3.05, 3.63) is 34.3 Å². The minimum absolute atomic E-state index is 0. The first-order valence-electron chi connectivity index (χ1n) is 4.22. The van der Waals surface area contributed by atoms with Crippen LogP contribution in [0.2, 0.25) is 0 Å². The van der Waals surface area contributed by atoms with Crippen molar-refractivity contribution in [3.63, 3.8) is 0 Å². The molecule has 0 amide bonds. The minimum Gasteiger partial charge on any atom is -0.468 e. The van der Waals surface area contributed by atoms with Crippen LogP contribution in [0.4, 0.5) is 0 Å². The van der Waals surface area contributed by atoms with Crippen LogP contribution >= 0.6 is 28.3 Å². The summed E-state index contributed by atoms with van der Waals surface area (Å²) in [5.41, 5.74) is 6.64. The van der Waals surface area contributed by atoms with Crippen LogP contribution in [0.1, 0.15) is 5.56 Å². The van der Waals surface area contributed by atoms with E-state index in [1.807, 2.05) is 24.3 Å². The highest BCUT2D eigenvalue weighted by Crippen LogP contribution is 2.17. The van der Waals surface area contributed by atoms with Gasteiger partial charge in [-0.3, -0.25) is 4.79 Å². The van der Waals surface area contributed by atoms with E-state index in [4.69, 9.17) is 5.73 Å². The second-order valence-corrected chi connectivity index (χ2v) is 3.78. The maximum atomic E-state index is 11.1. The number of nitrogens with two attached hydrogens (primary N) is 1. The van der Waals surface area contributed by atoms with Gasteiger partial charge in [0.25, 0.3) is 0 Å². The molecule has 5 heteroatoms. The lowest BCUT2D eigenvalue weighted by atomic mass is 10.1. The lowest BCUT2D eigenvalue weighted by Crippen LogP contribution is -2.33. The van der Waals surface area contributed by atoms with Gasteiger partial charge in [-0.05, 0) is 18.1 Å². The molecule has 2 N–H and O–H groups in total. The standard InChI is InChI=1S/C10H12BrNO2.ClH/c1-14-10(13)9(12)6-7-4-2-3-5-8(7)11;/h2-5,9H,6,12H2,1H3;1H/t9-;/m1./s1. The third-order valence-corrected chi connectivity index (χ3v) is 2.68. The van der Waals surface area contributed by atoms with Crippen LogP contribution in [0.15, 0.2) is 28.7 Å². The van der Waals surface area contributed by atoms with Crippen molar-refractivity contribution in [2.45, 2.75) is 12.5 Å². The van der Waals surface area contributed by atoms with E-state index in [0.717, 1.165) is 10.0 Å². The van der Waals surface area contributed by atoms with Crippen molar-refractivity contribution in [2.24, 2.45) is 5.73 Å². The SMILES string of the molecule is COC(=O)[C@H](N)Cc1ccccc1Br.Cl. The van der Waals surface area contributed by atoms with Gasteiger partial charge < -0.3 is 10.5 Å². The summed E-state index contributed by atoms with van der Waals surface area (Å²) in [6.07, 6.45) is 0.480. The molecule has 0 spiro atoms. The van der Waals surface area contributed by atoms with Crippen molar-refractivity contribution in [3.8, 4) is 0 Å². The van der Waals surface area contributed by atoms with Gasteiger partial charge in [0, 0.05) is 4.47 Å². The molecule has 0 aliphatic rings. The Bertz CT molecular complexity index is 333. The molecule has 0 aliphatic heterocycles. The molecule has 0 aromatic heterocycles. The fourth-order valence-corrected chi connectivity index (χ4v) is 1.58. The quantitative estimate of drug-likeness (QED) is 0.867. The van der Waals surface area contributed by atoms with E-state index in [-0.39, 0.29) is 18.4 Å². The number of benzene rings is 1. The molecule has 0 aliphatic carbocycles. The fourth-order valence-electron chi connectivity index (χ4n) is 1.14. The van der Waals surface area contributed by atoms with Crippen LogP contribution in [0, 0.1) is 0 Å². The molecule has 0 saturated carbocycles. The monoisotopic (exact) mass is 293 g/mol. The van der Waals surface area contributed by atoms with Crippen LogP contribution in [-0.2, 0) is 16.0 Å². The molecule has 0 bridgehead atoms. The van der Waals surface area contributed by atoms with Crippen molar-refractivity contribution in [2.75, 3.05) is 7.11 Å². The number of ether oxygens (including phenoxy) is 1. The molecule has 0 radical (unpaired) electrons. The highest BCUT2D eigenvalue weighted by molar-refractivity contribution is 9.10. The summed E-state index contributed by atoms with van der Waals surface area (Å²) in [6.45, 7) is 0. The van der Waals surface area contributed by atoms with E-state index >= 15 is 0 Å². The fraction of sp³-hybridized carbons (Fsp3) is 0.300. The zero-order valence-corrected chi connectivity index (χ0v) is 10.7. The molecular weight excluding hydrogens is 281 g/mol. The molecule has 1 atom stereocenters. The Morgan fingerprint density at radius 2 is 2.13 bits per heavy atom. The van der Waals surface area contributed by atoms with Crippen LogP contribution in [0.25, 0.3) is 0 Å². The third kappa shape index (κ3) is 4.20. The molecule has 3 nitrogen and oxygen atoms in total. The van der Waals surface area contributed by atoms with Gasteiger partial charge in [-0.15, -0.1) is 12.4 Å². The minimum atomic E-state index is -0.598. The summed E-state index contributed by atoms with van der Waals surface area (Å²) in [5, 5.41) is 0. The largest absolute Gasteiger partial charge is 0.468 e. The number of halogens is 2. The molecule has 0 saturated heterocycles. The molecule has 0 fully saturated rings. The molecule has 1 rings (SSSR count). The van der Waals surface area contributed by atoms with E-state index in [1.54, 1.807) is 0 Å². The van der Waals surface area contributed by atoms with Crippen molar-refractivity contribution >= 4 is 34.3 Å². The van der Waals surface area contributed by atoms with Gasteiger partial charge in [0.15, 0.2) is 0 Å². The van der Waals surface area contributed by atoms with Gasteiger partial charge in [-0.2, -0.15) is 0 Å². The van der Waals surface area contributed by atoms with Crippen LogP contribution in [0.5, 0.6) is 0 Å². The lowest BCUT2D eigenvalue weighted by molar-refractivity contribution is -0.142. The zero-order chi connectivity index (χ0) is 10.6. The van der Waals surface area contributed by atoms with Gasteiger partial charge in [0.2, 0.25) is 0 Å². The van der Waals surface area contributed by atoms with Gasteiger partial charge in [-0.1, -0.05) is 34.1 Å². The normalized spacial score (nSPS) is 11.4. The molecule has 0 unspecified atom stereocenters. The highest BCUT2D eigenvalue weighted by atomic mass is 79.9. The number of carbonyl (C=O) groups is 1. The summed E-state index contributed by atoms with van der Waals surface area (Å²) < 4.78 is 5.50. The Labute approximate surface area is 104 Å². The van der Waals surface area contributed by atoms with E-state index in [2.05, 4.69) is 20.7 Å². The summed E-state index contributed by atoms with van der Waals surface area (Å²) in [7, 11) is 1.34. The predicted octanol–water partition coefficient (Wildman–Crippen LogP) is 1.91. The molecule has 1 aromatic carbocycles. The molecule has 15 heavy (non-hydrogen) atoms. The van der Waals surface area contributed by atoms with Gasteiger partial charge in [-0.25, -0.2) is 0 Å². The van der Waals surface area contributed by atoms with Crippen LogP contribution < -0.4 is 5.73 Å². The molecule has 1 aromatic rings. The summed E-state index contributed by atoms with van der Waals surface area (Å²) in [4.78, 5) is 11.1. The summed E-state index contributed by atoms with van der Waals surface area (Å²) >= 11 is 3.39. The van der Waals surface area contributed by atoms with Crippen LogP contribution in [0.3, 0.4) is 0 Å². The summed E-state index contributed by atoms with van der Waals surface area (Å²) in [6, 6.07) is 7.06. The van der Waals surface area contributed by atoms with E-state index in [9.17, 15) is 4.79 Å². The Hall–Kier alpha value is -0.580. The highest BCUT2D eigenvalue weighted by Gasteiger charge is 2.15. The number of esters is 1. The van der Waals surface area contributed by atoms with E-state index in [1.165, 1.54) is 7.11 Å². The first-order valence-corrected chi connectivity index (χ1v) is 5.01. The third-order valence-electron chi connectivity index (χ3n) is 1.90. The lowest BCUT2D eigenvalue weighted by Gasteiger charge is -2.10. The maximum absolute atomic E-state index is 11.1. The Kier molecular flexibility index (Phi) is 6.56. The van der Waals surface area contributed by atoms with Crippen molar-refractivity contribution < 1.29 is 9.53 Å². The van der Waals surface area contributed by atoms with Gasteiger partial charge >= 0.3 is 5.97 Å². The second-order valence-electron chi connectivity index (χ2n) is 2.93. The number of hydrogen-bond donors (Lipinski definition) is 1. The average molecular weight is 295 g/mol. The van der Waals surface area contributed by atoms with E-state index in [0.29, 0.717) is 6.42 Å².